The fourth-order valence-electron chi connectivity index (χ4n) is 3.53. The van der Waals surface area contributed by atoms with Crippen molar-refractivity contribution in [3.8, 4) is 5.88 Å². The summed E-state index contributed by atoms with van der Waals surface area (Å²) in [5.41, 5.74) is 0.0523. The van der Waals surface area contributed by atoms with E-state index in [9.17, 15) is 4.79 Å². The molecule has 1 aromatic heterocycles. The van der Waals surface area contributed by atoms with Crippen molar-refractivity contribution in [1.82, 2.24) is 20.5 Å². The fourth-order valence-corrected chi connectivity index (χ4v) is 3.64. The van der Waals surface area contributed by atoms with E-state index in [2.05, 4.69) is 25.5 Å². The van der Waals surface area contributed by atoms with E-state index in [-0.39, 0.29) is 35.3 Å². The summed E-state index contributed by atoms with van der Waals surface area (Å²) >= 11 is 5.80. The van der Waals surface area contributed by atoms with Crippen molar-refractivity contribution in [3.05, 3.63) is 23.4 Å². The topological polar surface area (TPSA) is 78.9 Å². The third-order valence-electron chi connectivity index (χ3n) is 4.70. The predicted molar refractivity (Wildman–Crippen MR) is 112 cm³/mol. The highest BCUT2D eigenvalue weighted by atomic mass is 127. The lowest BCUT2D eigenvalue weighted by Gasteiger charge is -2.40. The molecule has 0 aromatic carbocycles. The summed E-state index contributed by atoms with van der Waals surface area (Å²) in [6, 6.07) is 3.50. The highest BCUT2D eigenvalue weighted by Crippen LogP contribution is 2.35. The number of aromatic nitrogens is 1. The largest absolute Gasteiger partial charge is 0.476 e. The highest BCUT2D eigenvalue weighted by Gasteiger charge is 2.42. The van der Waals surface area contributed by atoms with E-state index in [0.29, 0.717) is 30.5 Å². The summed E-state index contributed by atoms with van der Waals surface area (Å²) < 4.78 is 5.59. The van der Waals surface area contributed by atoms with Gasteiger partial charge >= 0.3 is 0 Å². The van der Waals surface area contributed by atoms with Crippen LogP contribution in [-0.2, 0) is 4.79 Å². The number of carbonyl (C=O) groups is 1. The maximum absolute atomic E-state index is 11.6. The molecule has 1 atom stereocenters. The molecule has 3 rings (SSSR count). The Morgan fingerprint density at radius 1 is 1.54 bits per heavy atom. The molecule has 7 nitrogen and oxygen atoms in total. The average Bonchev–Trinajstić information content (AvgIpc) is 2.96. The van der Waals surface area contributed by atoms with Gasteiger partial charge in [-0.2, -0.15) is 0 Å². The average molecular weight is 494 g/mol. The van der Waals surface area contributed by atoms with Crippen molar-refractivity contribution in [2.75, 3.05) is 39.8 Å². The van der Waals surface area contributed by atoms with Gasteiger partial charge in [-0.25, -0.2) is 4.98 Å². The number of carbonyl (C=O) groups excluding carboxylic acids is 1. The molecule has 1 aromatic rings. The first-order valence-corrected chi connectivity index (χ1v) is 8.95. The van der Waals surface area contributed by atoms with E-state index in [4.69, 9.17) is 16.3 Å². The Morgan fingerprint density at radius 3 is 3.04 bits per heavy atom. The summed E-state index contributed by atoms with van der Waals surface area (Å²) in [6.45, 7) is 3.68. The van der Waals surface area contributed by atoms with Crippen molar-refractivity contribution in [2.45, 2.75) is 19.3 Å². The van der Waals surface area contributed by atoms with Crippen LogP contribution < -0.4 is 15.4 Å². The van der Waals surface area contributed by atoms with E-state index < -0.39 is 0 Å². The number of rotatable bonds is 4. The van der Waals surface area contributed by atoms with Gasteiger partial charge in [0.25, 0.3) is 0 Å². The van der Waals surface area contributed by atoms with Crippen molar-refractivity contribution < 1.29 is 9.53 Å². The first-order valence-electron chi connectivity index (χ1n) is 8.57. The number of likely N-dealkylation sites (tertiary alicyclic amines) is 1. The zero-order chi connectivity index (χ0) is 17.7. The molecule has 0 bridgehead atoms. The van der Waals surface area contributed by atoms with Crippen LogP contribution in [0.25, 0.3) is 0 Å². The zero-order valence-corrected chi connectivity index (χ0v) is 17.9. The minimum Gasteiger partial charge on any atom is -0.476 e. The minimum atomic E-state index is 0. The molecule has 0 radical (unpaired) electrons. The molecular weight excluding hydrogens is 469 g/mol. The maximum atomic E-state index is 11.6. The van der Waals surface area contributed by atoms with E-state index in [1.54, 1.807) is 25.4 Å². The van der Waals surface area contributed by atoms with Gasteiger partial charge in [-0.1, -0.05) is 11.6 Å². The van der Waals surface area contributed by atoms with Crippen molar-refractivity contribution in [1.29, 1.82) is 0 Å². The van der Waals surface area contributed by atoms with Gasteiger partial charge in [0.15, 0.2) is 5.96 Å². The molecule has 2 aliphatic rings. The number of aliphatic imine (C=N–C) groups is 1. The Balaban J connectivity index is 0.00000243. The van der Waals surface area contributed by atoms with E-state index in [1.165, 1.54) is 0 Å². The molecule has 0 aliphatic carbocycles. The molecule has 2 saturated heterocycles. The number of nitrogens with one attached hydrogen (secondary N) is 2. The quantitative estimate of drug-likeness (QED) is 0.290. The van der Waals surface area contributed by atoms with E-state index in [0.717, 1.165) is 38.4 Å². The molecule has 144 valence electrons. The number of guanidine groups is 1. The van der Waals surface area contributed by atoms with Gasteiger partial charge < -0.3 is 20.3 Å². The van der Waals surface area contributed by atoms with Gasteiger partial charge in [-0.15, -0.1) is 24.0 Å². The SMILES string of the molecule is CN=C(NCCOc1ccc(Cl)cn1)N1CCCC2(CNC(=O)C2)C1.I. The summed E-state index contributed by atoms with van der Waals surface area (Å²) in [4.78, 5) is 22.3. The third kappa shape index (κ3) is 5.35. The molecule has 1 unspecified atom stereocenters. The summed E-state index contributed by atoms with van der Waals surface area (Å²) in [5, 5.41) is 6.89. The van der Waals surface area contributed by atoms with Crippen LogP contribution >= 0.6 is 35.6 Å². The van der Waals surface area contributed by atoms with Crippen LogP contribution in [0.5, 0.6) is 5.88 Å². The van der Waals surface area contributed by atoms with Gasteiger partial charge in [-0.05, 0) is 18.9 Å². The van der Waals surface area contributed by atoms with Gasteiger partial charge in [0.05, 0.1) is 11.6 Å². The molecular formula is C17H25ClIN5O2. The molecule has 3 heterocycles. The summed E-state index contributed by atoms with van der Waals surface area (Å²) in [7, 11) is 1.78. The number of hydrogen-bond donors (Lipinski definition) is 2. The number of ether oxygens (including phenoxy) is 1. The van der Waals surface area contributed by atoms with Crippen LogP contribution in [-0.4, -0.2) is 61.6 Å². The summed E-state index contributed by atoms with van der Waals surface area (Å²) in [5.74, 6) is 1.56. The Labute approximate surface area is 175 Å². The molecule has 0 saturated carbocycles. The van der Waals surface area contributed by atoms with E-state index in [1.807, 2.05) is 0 Å². The van der Waals surface area contributed by atoms with Crippen LogP contribution in [0.1, 0.15) is 19.3 Å². The van der Waals surface area contributed by atoms with Crippen LogP contribution in [0.2, 0.25) is 5.02 Å². The number of nitrogens with zero attached hydrogens (tertiary/aromatic N) is 3. The maximum Gasteiger partial charge on any atom is 0.220 e. The van der Waals surface area contributed by atoms with Crippen LogP contribution in [0, 0.1) is 5.41 Å². The second kappa shape index (κ2) is 9.59. The smallest absolute Gasteiger partial charge is 0.220 e. The number of pyridine rings is 1. The standard InChI is InChI=1S/C17H24ClN5O2.HI/c1-19-16(20-6-8-25-15-4-3-13(18)10-21-15)23-7-2-5-17(12-23)9-14(24)22-11-17;/h3-4,10H,2,5-9,11-12H2,1H3,(H,19,20)(H,22,24);1H. The fraction of sp³-hybridized carbons (Fsp3) is 0.588. The second-order valence-corrected chi connectivity index (χ2v) is 7.05. The monoisotopic (exact) mass is 493 g/mol. The normalized spacial score (nSPS) is 22.8. The number of hydrogen-bond acceptors (Lipinski definition) is 4. The lowest BCUT2D eigenvalue weighted by Crippen LogP contribution is -2.51. The lowest BCUT2D eigenvalue weighted by molar-refractivity contribution is -0.119. The van der Waals surface area contributed by atoms with Gasteiger partial charge in [-0.3, -0.25) is 9.79 Å². The number of piperidine rings is 1. The number of halogens is 2. The van der Waals surface area contributed by atoms with Gasteiger partial charge in [0.2, 0.25) is 11.8 Å². The Morgan fingerprint density at radius 2 is 2.38 bits per heavy atom. The van der Waals surface area contributed by atoms with Crippen molar-refractivity contribution in [3.63, 3.8) is 0 Å². The Kier molecular flexibility index (Phi) is 7.75. The van der Waals surface area contributed by atoms with Crippen LogP contribution in [0.15, 0.2) is 23.3 Å². The first-order chi connectivity index (χ1) is 12.1. The minimum absolute atomic E-state index is 0. The van der Waals surface area contributed by atoms with Crippen LogP contribution in [0.4, 0.5) is 0 Å². The van der Waals surface area contributed by atoms with E-state index >= 15 is 0 Å². The molecule has 1 amide bonds. The molecule has 2 N–H and O–H groups in total. The zero-order valence-electron chi connectivity index (χ0n) is 14.8. The van der Waals surface area contributed by atoms with Gasteiger partial charge in [0.1, 0.15) is 6.61 Å². The number of amides is 1. The Hall–Kier alpha value is -1.29. The molecule has 26 heavy (non-hydrogen) atoms. The summed E-state index contributed by atoms with van der Waals surface area (Å²) in [6.07, 6.45) is 4.34. The van der Waals surface area contributed by atoms with Crippen LogP contribution in [0.3, 0.4) is 0 Å². The predicted octanol–water partition coefficient (Wildman–Crippen LogP) is 1.91. The van der Waals surface area contributed by atoms with Gasteiger partial charge in [0, 0.05) is 50.8 Å². The lowest BCUT2D eigenvalue weighted by atomic mass is 9.79. The molecule has 2 aliphatic heterocycles. The highest BCUT2D eigenvalue weighted by molar-refractivity contribution is 14.0. The van der Waals surface area contributed by atoms with Crippen molar-refractivity contribution >= 4 is 47.4 Å². The van der Waals surface area contributed by atoms with Crippen molar-refractivity contribution in [2.24, 2.45) is 10.4 Å². The third-order valence-corrected chi connectivity index (χ3v) is 4.93. The first kappa shape index (κ1) is 21.0. The molecule has 1 spiro atoms. The second-order valence-electron chi connectivity index (χ2n) is 6.62. The molecule has 2 fully saturated rings. The molecule has 9 heteroatoms. The Bertz CT molecular complexity index is 643.